The minimum Gasteiger partial charge on any atom is -0.324 e. The average molecular weight is 361 g/mol. The summed E-state index contributed by atoms with van der Waals surface area (Å²) in [5.41, 5.74) is 1.53. The van der Waals surface area contributed by atoms with Gasteiger partial charge in [0.2, 0.25) is 5.91 Å². The molecule has 0 aliphatic rings. The highest BCUT2D eigenvalue weighted by Crippen LogP contribution is 2.29. The number of rotatable bonds is 5. The van der Waals surface area contributed by atoms with Gasteiger partial charge in [0, 0.05) is 10.8 Å². The van der Waals surface area contributed by atoms with Gasteiger partial charge in [-0.1, -0.05) is 59.1 Å². The first-order valence-corrected chi connectivity index (χ1v) is 8.42. The van der Waals surface area contributed by atoms with Crippen LogP contribution in [0.2, 0.25) is 15.1 Å². The number of thioether (sulfide) groups is 1. The van der Waals surface area contributed by atoms with E-state index >= 15 is 0 Å². The molecule has 2 aromatic rings. The molecule has 0 saturated carbocycles. The van der Waals surface area contributed by atoms with Gasteiger partial charge < -0.3 is 5.32 Å². The molecule has 0 aromatic heterocycles. The lowest BCUT2D eigenvalue weighted by Crippen LogP contribution is -2.14. The van der Waals surface area contributed by atoms with Gasteiger partial charge in [0.1, 0.15) is 0 Å². The molecule has 0 spiro atoms. The lowest BCUT2D eigenvalue weighted by molar-refractivity contribution is -0.113. The molecule has 6 heteroatoms. The number of halogens is 3. The molecule has 2 nitrogen and oxygen atoms in total. The Kier molecular flexibility index (Phi) is 6.24. The van der Waals surface area contributed by atoms with Crippen molar-refractivity contribution in [2.75, 3.05) is 11.1 Å². The summed E-state index contributed by atoms with van der Waals surface area (Å²) in [4.78, 5) is 11.9. The second kappa shape index (κ2) is 7.95. The fourth-order valence-corrected chi connectivity index (χ4v) is 3.12. The molecule has 0 radical (unpaired) electrons. The van der Waals surface area contributed by atoms with Crippen LogP contribution < -0.4 is 5.32 Å². The van der Waals surface area contributed by atoms with Crippen LogP contribution in [0.25, 0.3) is 0 Å². The lowest BCUT2D eigenvalue weighted by Gasteiger charge is -2.08. The summed E-state index contributed by atoms with van der Waals surface area (Å²) in [5, 5.41) is 4.22. The van der Waals surface area contributed by atoms with Crippen molar-refractivity contribution in [3.8, 4) is 0 Å². The number of hydrogen-bond acceptors (Lipinski definition) is 2. The van der Waals surface area contributed by atoms with E-state index in [1.54, 1.807) is 18.2 Å². The number of benzene rings is 2. The maximum Gasteiger partial charge on any atom is 0.234 e. The summed E-state index contributed by atoms with van der Waals surface area (Å²) in [6.45, 7) is 0. The fourth-order valence-electron chi connectivity index (χ4n) is 1.66. The summed E-state index contributed by atoms with van der Waals surface area (Å²) >= 11 is 19.5. The normalized spacial score (nSPS) is 10.4. The van der Waals surface area contributed by atoms with Gasteiger partial charge >= 0.3 is 0 Å². The molecule has 1 N–H and O–H groups in total. The highest BCUT2D eigenvalue weighted by Gasteiger charge is 2.08. The van der Waals surface area contributed by atoms with E-state index in [0.29, 0.717) is 32.3 Å². The van der Waals surface area contributed by atoms with Crippen LogP contribution in [0.15, 0.2) is 42.5 Å². The molecular formula is C15H12Cl3NOS. The Morgan fingerprint density at radius 1 is 1.00 bits per heavy atom. The van der Waals surface area contributed by atoms with Crippen molar-refractivity contribution in [2.45, 2.75) is 5.75 Å². The van der Waals surface area contributed by atoms with Crippen molar-refractivity contribution < 1.29 is 4.79 Å². The van der Waals surface area contributed by atoms with Crippen LogP contribution >= 0.6 is 46.6 Å². The smallest absolute Gasteiger partial charge is 0.234 e. The molecule has 0 aliphatic heterocycles. The number of carbonyl (C=O) groups is 1. The first-order chi connectivity index (χ1) is 10.1. The van der Waals surface area contributed by atoms with Gasteiger partial charge in [-0.15, -0.1) is 11.8 Å². The third-order valence-corrected chi connectivity index (χ3v) is 4.84. The average Bonchev–Trinajstić information content (AvgIpc) is 2.46. The second-order valence-electron chi connectivity index (χ2n) is 4.23. The van der Waals surface area contributed by atoms with Crippen LogP contribution in [0.5, 0.6) is 0 Å². The molecule has 0 saturated heterocycles. The quantitative estimate of drug-likeness (QED) is 0.760. The minimum absolute atomic E-state index is 0.128. The molecule has 2 rings (SSSR count). The van der Waals surface area contributed by atoms with Crippen LogP contribution in [0.4, 0.5) is 5.69 Å². The van der Waals surface area contributed by atoms with E-state index in [4.69, 9.17) is 34.8 Å². The maximum atomic E-state index is 11.9. The van der Waals surface area contributed by atoms with Gasteiger partial charge in [0.05, 0.1) is 21.5 Å². The minimum atomic E-state index is -0.128. The molecule has 0 fully saturated rings. The lowest BCUT2D eigenvalue weighted by atomic mass is 10.2. The number of hydrogen-bond donors (Lipinski definition) is 1. The van der Waals surface area contributed by atoms with E-state index in [-0.39, 0.29) is 5.91 Å². The van der Waals surface area contributed by atoms with Crippen LogP contribution in [-0.2, 0) is 10.5 Å². The Morgan fingerprint density at radius 2 is 1.71 bits per heavy atom. The Morgan fingerprint density at radius 3 is 2.48 bits per heavy atom. The van der Waals surface area contributed by atoms with Gasteiger partial charge in [0.15, 0.2) is 0 Å². The zero-order valence-electron chi connectivity index (χ0n) is 10.9. The van der Waals surface area contributed by atoms with E-state index in [1.807, 2.05) is 24.3 Å². The first-order valence-electron chi connectivity index (χ1n) is 6.13. The van der Waals surface area contributed by atoms with Crippen molar-refractivity contribution in [1.82, 2.24) is 0 Å². The van der Waals surface area contributed by atoms with Crippen LogP contribution in [0, 0.1) is 0 Å². The predicted molar refractivity (Wildman–Crippen MR) is 92.7 cm³/mol. The van der Waals surface area contributed by atoms with Gasteiger partial charge in [-0.25, -0.2) is 0 Å². The predicted octanol–water partition coefficient (Wildman–Crippen LogP) is 5.52. The standard InChI is InChI=1S/C15H12Cl3NOS/c16-11-5-2-1-4-10(11)8-21-9-14(20)19-13-7-3-6-12(17)15(13)18/h1-7H,8-9H2,(H,19,20). The molecule has 0 unspecified atom stereocenters. The van der Waals surface area contributed by atoms with Gasteiger partial charge in [-0.2, -0.15) is 0 Å². The maximum absolute atomic E-state index is 11.9. The van der Waals surface area contributed by atoms with Crippen molar-refractivity contribution in [3.63, 3.8) is 0 Å². The number of nitrogens with one attached hydrogen (secondary N) is 1. The molecule has 110 valence electrons. The monoisotopic (exact) mass is 359 g/mol. The number of amides is 1. The summed E-state index contributed by atoms with van der Waals surface area (Å²) in [6, 6.07) is 12.7. The molecule has 0 heterocycles. The Hall–Kier alpha value is -0.870. The molecule has 21 heavy (non-hydrogen) atoms. The molecule has 1 amide bonds. The first kappa shape index (κ1) is 16.5. The fraction of sp³-hybridized carbons (Fsp3) is 0.133. The van der Waals surface area contributed by atoms with E-state index in [9.17, 15) is 4.79 Å². The van der Waals surface area contributed by atoms with Crippen molar-refractivity contribution in [1.29, 1.82) is 0 Å². The topological polar surface area (TPSA) is 29.1 Å². The van der Waals surface area contributed by atoms with Gasteiger partial charge in [0.25, 0.3) is 0 Å². The van der Waals surface area contributed by atoms with Crippen molar-refractivity contribution in [3.05, 3.63) is 63.1 Å². The summed E-state index contributed by atoms with van der Waals surface area (Å²) in [6.07, 6.45) is 0. The molecule has 0 bridgehead atoms. The highest BCUT2D eigenvalue weighted by molar-refractivity contribution is 7.99. The summed E-state index contributed by atoms with van der Waals surface area (Å²) in [5.74, 6) is 0.862. The van der Waals surface area contributed by atoms with E-state index in [0.717, 1.165) is 5.56 Å². The number of carbonyl (C=O) groups excluding carboxylic acids is 1. The van der Waals surface area contributed by atoms with E-state index in [2.05, 4.69) is 5.32 Å². The largest absolute Gasteiger partial charge is 0.324 e. The van der Waals surface area contributed by atoms with Crippen molar-refractivity contribution in [2.24, 2.45) is 0 Å². The Balaban J connectivity index is 1.85. The van der Waals surface area contributed by atoms with Crippen LogP contribution in [0.1, 0.15) is 5.56 Å². The second-order valence-corrected chi connectivity index (χ2v) is 6.41. The molecular weight excluding hydrogens is 349 g/mol. The number of anilines is 1. The van der Waals surface area contributed by atoms with E-state index in [1.165, 1.54) is 11.8 Å². The Labute approximate surface area is 142 Å². The van der Waals surface area contributed by atoms with E-state index < -0.39 is 0 Å². The third-order valence-electron chi connectivity index (χ3n) is 2.67. The zero-order valence-corrected chi connectivity index (χ0v) is 14.0. The SMILES string of the molecule is O=C(CSCc1ccccc1Cl)Nc1cccc(Cl)c1Cl. The van der Waals surface area contributed by atoms with Crippen LogP contribution in [-0.4, -0.2) is 11.7 Å². The Bertz CT molecular complexity index is 649. The molecule has 2 aromatic carbocycles. The van der Waals surface area contributed by atoms with Crippen LogP contribution in [0.3, 0.4) is 0 Å². The molecule has 0 aliphatic carbocycles. The van der Waals surface area contributed by atoms with Crippen molar-refractivity contribution >= 4 is 58.2 Å². The molecule has 0 atom stereocenters. The summed E-state index contributed by atoms with van der Waals surface area (Å²) in [7, 11) is 0. The van der Waals surface area contributed by atoms with Gasteiger partial charge in [-0.3, -0.25) is 4.79 Å². The summed E-state index contributed by atoms with van der Waals surface area (Å²) < 4.78 is 0. The third kappa shape index (κ3) is 4.82. The highest BCUT2D eigenvalue weighted by atomic mass is 35.5. The zero-order chi connectivity index (χ0) is 15.2. The van der Waals surface area contributed by atoms with Gasteiger partial charge in [-0.05, 0) is 23.8 Å².